The molecule has 2 aromatic carbocycles. The molecule has 6 nitrogen and oxygen atoms in total. The molecule has 0 saturated carbocycles. The molecule has 6 heteroatoms. The van der Waals surface area contributed by atoms with E-state index in [4.69, 9.17) is 5.11 Å². The summed E-state index contributed by atoms with van der Waals surface area (Å²) < 4.78 is 0. The second-order valence-electron chi connectivity index (χ2n) is 3.95. The first kappa shape index (κ1) is 13.4. The van der Waals surface area contributed by atoms with Crippen molar-refractivity contribution in [2.75, 3.05) is 0 Å². The first-order valence-electron chi connectivity index (χ1n) is 5.61. The summed E-state index contributed by atoms with van der Waals surface area (Å²) in [6.07, 6.45) is 1.20. The van der Waals surface area contributed by atoms with Crippen molar-refractivity contribution in [2.45, 2.75) is 0 Å². The molecule has 0 amide bonds. The summed E-state index contributed by atoms with van der Waals surface area (Å²) in [6, 6.07) is 8.66. The minimum Gasteiger partial charge on any atom is -0.504 e. The molecule has 0 fully saturated rings. The maximum atomic E-state index is 11.0. The van der Waals surface area contributed by atoms with Crippen LogP contribution in [0.5, 0.6) is 17.2 Å². The molecule has 0 aliphatic heterocycles. The average Bonchev–Trinajstić information content (AvgIpc) is 2.44. The summed E-state index contributed by atoms with van der Waals surface area (Å²) in [7, 11) is 0. The summed E-state index contributed by atoms with van der Waals surface area (Å²) in [5, 5.41) is 37.2. The van der Waals surface area contributed by atoms with Crippen LogP contribution in [0.1, 0.15) is 15.9 Å². The highest BCUT2D eigenvalue weighted by Gasteiger charge is 2.10. The molecule has 0 unspecified atom stereocenters. The molecule has 0 aliphatic rings. The Balaban J connectivity index is 2.40. The smallest absolute Gasteiger partial charge is 0.337 e. The third-order valence-corrected chi connectivity index (χ3v) is 2.64. The van der Waals surface area contributed by atoms with E-state index in [0.717, 1.165) is 0 Å². The standard InChI is InChI=1S/C14H11NO5/c16-11-6-5-8(12(17)13(11)18)7-15-10-4-2-1-3-9(10)14(19)20/h1-7,16-18H,(H,19,20)/b15-7+. The van der Waals surface area contributed by atoms with Crippen LogP contribution < -0.4 is 0 Å². The zero-order chi connectivity index (χ0) is 14.7. The van der Waals surface area contributed by atoms with Crippen LogP contribution in [0.4, 0.5) is 5.69 Å². The molecule has 0 spiro atoms. The van der Waals surface area contributed by atoms with Crippen molar-refractivity contribution >= 4 is 17.9 Å². The van der Waals surface area contributed by atoms with Gasteiger partial charge in [0.1, 0.15) is 0 Å². The summed E-state index contributed by atoms with van der Waals surface area (Å²) in [4.78, 5) is 15.0. The molecule has 0 bridgehead atoms. The fourth-order valence-corrected chi connectivity index (χ4v) is 1.59. The number of hydrogen-bond donors (Lipinski definition) is 4. The number of phenolic OH excluding ortho intramolecular Hbond substituents is 3. The molecule has 0 radical (unpaired) electrons. The second-order valence-corrected chi connectivity index (χ2v) is 3.95. The quantitative estimate of drug-likeness (QED) is 0.506. The fourth-order valence-electron chi connectivity index (χ4n) is 1.59. The zero-order valence-electron chi connectivity index (χ0n) is 10.2. The van der Waals surface area contributed by atoms with E-state index < -0.39 is 23.2 Å². The number of benzene rings is 2. The predicted octanol–water partition coefficient (Wildman–Crippen LogP) is 2.25. The van der Waals surface area contributed by atoms with E-state index >= 15 is 0 Å². The number of para-hydroxylation sites is 1. The molecular weight excluding hydrogens is 262 g/mol. The van der Waals surface area contributed by atoms with Gasteiger partial charge in [-0.25, -0.2) is 4.79 Å². The van der Waals surface area contributed by atoms with Gasteiger partial charge >= 0.3 is 5.97 Å². The molecule has 4 N–H and O–H groups in total. The van der Waals surface area contributed by atoms with Crippen molar-refractivity contribution in [3.63, 3.8) is 0 Å². The van der Waals surface area contributed by atoms with Crippen LogP contribution in [0, 0.1) is 0 Å². The average molecular weight is 273 g/mol. The number of aliphatic imine (C=N–C) groups is 1. The number of nitrogens with zero attached hydrogens (tertiary/aromatic N) is 1. The number of rotatable bonds is 3. The Kier molecular flexibility index (Phi) is 3.56. The highest BCUT2D eigenvalue weighted by atomic mass is 16.4. The molecule has 0 heterocycles. The van der Waals surface area contributed by atoms with Crippen LogP contribution in [-0.4, -0.2) is 32.6 Å². The Morgan fingerprint density at radius 3 is 2.40 bits per heavy atom. The van der Waals surface area contributed by atoms with Gasteiger partial charge in [-0.2, -0.15) is 0 Å². The van der Waals surface area contributed by atoms with Crippen LogP contribution in [0.3, 0.4) is 0 Å². The summed E-state index contributed by atoms with van der Waals surface area (Å²) in [5.74, 6) is -2.75. The van der Waals surface area contributed by atoms with E-state index in [-0.39, 0.29) is 16.8 Å². The van der Waals surface area contributed by atoms with Crippen LogP contribution in [-0.2, 0) is 0 Å². The molecule has 0 aliphatic carbocycles. The van der Waals surface area contributed by atoms with Crippen molar-refractivity contribution in [2.24, 2.45) is 4.99 Å². The summed E-state index contributed by atoms with van der Waals surface area (Å²) >= 11 is 0. The number of carboxylic acids is 1. The van der Waals surface area contributed by atoms with E-state index in [1.807, 2.05) is 0 Å². The lowest BCUT2D eigenvalue weighted by molar-refractivity contribution is 0.0698. The highest BCUT2D eigenvalue weighted by Crippen LogP contribution is 2.36. The van der Waals surface area contributed by atoms with Gasteiger partial charge in [0.05, 0.1) is 11.3 Å². The van der Waals surface area contributed by atoms with Gasteiger partial charge in [-0.15, -0.1) is 0 Å². The van der Waals surface area contributed by atoms with E-state index in [1.165, 1.54) is 30.5 Å². The predicted molar refractivity (Wildman–Crippen MR) is 72.1 cm³/mol. The topological polar surface area (TPSA) is 110 Å². The molecule has 0 atom stereocenters. The van der Waals surface area contributed by atoms with Crippen molar-refractivity contribution < 1.29 is 25.2 Å². The van der Waals surface area contributed by atoms with Gasteiger partial charge in [-0.05, 0) is 24.3 Å². The lowest BCUT2D eigenvalue weighted by Crippen LogP contribution is -1.96. The number of aromatic carboxylic acids is 1. The molecule has 0 aromatic heterocycles. The van der Waals surface area contributed by atoms with Gasteiger partial charge < -0.3 is 20.4 Å². The largest absolute Gasteiger partial charge is 0.504 e. The lowest BCUT2D eigenvalue weighted by Gasteiger charge is -2.04. The number of aromatic hydroxyl groups is 3. The Hall–Kier alpha value is -3.02. The van der Waals surface area contributed by atoms with Crippen LogP contribution in [0.15, 0.2) is 41.4 Å². The molecular formula is C14H11NO5. The normalized spacial score (nSPS) is 10.8. The summed E-state index contributed by atoms with van der Waals surface area (Å²) in [5.41, 5.74) is 0.388. The van der Waals surface area contributed by atoms with Gasteiger partial charge in [0, 0.05) is 11.8 Å². The van der Waals surface area contributed by atoms with Crippen molar-refractivity contribution in [1.82, 2.24) is 0 Å². The van der Waals surface area contributed by atoms with E-state index in [1.54, 1.807) is 12.1 Å². The minimum atomic E-state index is -1.12. The number of hydrogen-bond acceptors (Lipinski definition) is 5. The molecule has 2 aromatic rings. The lowest BCUT2D eigenvalue weighted by atomic mass is 10.1. The van der Waals surface area contributed by atoms with E-state index in [2.05, 4.69) is 4.99 Å². The highest BCUT2D eigenvalue weighted by molar-refractivity contribution is 5.95. The molecule has 2 rings (SSSR count). The molecule has 0 saturated heterocycles. The van der Waals surface area contributed by atoms with Crippen LogP contribution in [0.2, 0.25) is 0 Å². The number of phenols is 3. The maximum absolute atomic E-state index is 11.0. The second kappa shape index (κ2) is 5.31. The third kappa shape index (κ3) is 2.54. The van der Waals surface area contributed by atoms with Crippen LogP contribution >= 0.6 is 0 Å². The van der Waals surface area contributed by atoms with Crippen LogP contribution in [0.25, 0.3) is 0 Å². The van der Waals surface area contributed by atoms with Gasteiger partial charge in [-0.3, -0.25) is 4.99 Å². The fraction of sp³-hybridized carbons (Fsp3) is 0. The van der Waals surface area contributed by atoms with Gasteiger partial charge in [0.2, 0.25) is 5.75 Å². The molecule has 102 valence electrons. The Labute approximate surface area is 113 Å². The van der Waals surface area contributed by atoms with Gasteiger partial charge in [0.25, 0.3) is 0 Å². The van der Waals surface area contributed by atoms with Gasteiger partial charge in [-0.1, -0.05) is 12.1 Å². The van der Waals surface area contributed by atoms with Crippen molar-refractivity contribution in [3.8, 4) is 17.2 Å². The van der Waals surface area contributed by atoms with Crippen molar-refractivity contribution in [3.05, 3.63) is 47.5 Å². The Bertz CT molecular complexity index is 694. The monoisotopic (exact) mass is 273 g/mol. The zero-order valence-corrected chi connectivity index (χ0v) is 10.2. The third-order valence-electron chi connectivity index (χ3n) is 2.64. The number of carboxylic acid groups (broad SMARTS) is 1. The van der Waals surface area contributed by atoms with Crippen molar-refractivity contribution in [1.29, 1.82) is 0 Å². The SMILES string of the molecule is O=C(O)c1ccccc1/N=C/c1ccc(O)c(O)c1O. The first-order valence-corrected chi connectivity index (χ1v) is 5.61. The van der Waals surface area contributed by atoms with E-state index in [9.17, 15) is 20.1 Å². The van der Waals surface area contributed by atoms with E-state index in [0.29, 0.717) is 0 Å². The molecule has 20 heavy (non-hydrogen) atoms. The Morgan fingerprint density at radius 2 is 1.70 bits per heavy atom. The number of carbonyl (C=O) groups is 1. The van der Waals surface area contributed by atoms with Gasteiger partial charge in [0.15, 0.2) is 11.5 Å². The maximum Gasteiger partial charge on any atom is 0.337 e. The summed E-state index contributed by atoms with van der Waals surface area (Å²) in [6.45, 7) is 0. The Morgan fingerprint density at radius 1 is 1.00 bits per heavy atom. The first-order chi connectivity index (χ1) is 9.50. The minimum absolute atomic E-state index is 0.0197.